The Bertz CT molecular complexity index is 1060. The maximum atomic E-state index is 12.4. The first-order valence-electron chi connectivity index (χ1n) is 8.82. The number of benzene rings is 2. The van der Waals surface area contributed by atoms with Crippen LogP contribution < -0.4 is 9.80 Å². The summed E-state index contributed by atoms with van der Waals surface area (Å²) in [6, 6.07) is 11.5. The molecule has 2 aliphatic rings. The van der Waals surface area contributed by atoms with Crippen LogP contribution in [0.4, 0.5) is 17.1 Å². The second kappa shape index (κ2) is 6.52. The van der Waals surface area contributed by atoms with E-state index in [1.165, 1.54) is 12.1 Å². The molecule has 2 saturated heterocycles. The summed E-state index contributed by atoms with van der Waals surface area (Å²) in [4.78, 5) is 14.2. The average molecular weight is 418 g/mol. The van der Waals surface area contributed by atoms with Crippen molar-refractivity contribution in [3.05, 3.63) is 63.7 Å². The van der Waals surface area contributed by atoms with Crippen LogP contribution in [0.25, 0.3) is 0 Å². The second-order valence-corrected chi connectivity index (χ2v) is 9.87. The highest BCUT2D eigenvalue weighted by Gasteiger charge is 2.52. The van der Waals surface area contributed by atoms with Gasteiger partial charge in [-0.1, -0.05) is 6.07 Å². The van der Waals surface area contributed by atoms with E-state index in [9.17, 15) is 18.5 Å². The number of nitro benzene ring substituents is 1. The topological polar surface area (TPSA) is 83.8 Å². The molecule has 0 N–H and O–H groups in total. The van der Waals surface area contributed by atoms with Gasteiger partial charge < -0.3 is 9.80 Å². The van der Waals surface area contributed by atoms with Gasteiger partial charge in [0.05, 0.1) is 28.5 Å². The van der Waals surface area contributed by atoms with Crippen LogP contribution in [0.5, 0.6) is 0 Å². The predicted octanol–water partition coefficient (Wildman–Crippen LogP) is 2.99. The molecule has 2 aromatic carbocycles. The Morgan fingerprint density at radius 2 is 1.46 bits per heavy atom. The number of non-ortho nitro benzene ring substituents is 1. The standard InChI is InChI=1S/C19H19N3O4S2/c1-12-7-13(2)9-16(8-12)21-18-11-28(25,26)10-17(18)20(19(21)27)14-3-5-15(6-4-14)22(23)24/h3-9,17-18H,10-11H2,1-2H3/t17-,18+/m0/s1. The number of fused-ring (bicyclic) bond motifs is 1. The lowest BCUT2D eigenvalue weighted by Gasteiger charge is -2.26. The largest absolute Gasteiger partial charge is 0.312 e. The lowest BCUT2D eigenvalue weighted by molar-refractivity contribution is -0.384. The minimum atomic E-state index is -3.20. The van der Waals surface area contributed by atoms with Crippen molar-refractivity contribution in [1.29, 1.82) is 0 Å². The van der Waals surface area contributed by atoms with Gasteiger partial charge in [-0.3, -0.25) is 10.1 Å². The van der Waals surface area contributed by atoms with Crippen molar-refractivity contribution in [2.75, 3.05) is 21.3 Å². The normalized spacial score (nSPS) is 23.1. The molecule has 2 heterocycles. The fourth-order valence-electron chi connectivity index (χ4n) is 4.13. The van der Waals surface area contributed by atoms with Gasteiger partial charge in [0.15, 0.2) is 14.9 Å². The molecule has 0 spiro atoms. The van der Waals surface area contributed by atoms with Gasteiger partial charge in [0, 0.05) is 23.5 Å². The Balaban J connectivity index is 1.79. The highest BCUT2D eigenvalue weighted by atomic mass is 32.2. The number of anilines is 2. The molecular formula is C19H19N3O4S2. The average Bonchev–Trinajstić information content (AvgIpc) is 3.02. The summed E-state index contributed by atoms with van der Waals surface area (Å²) in [5.74, 6) is 0.0460. The number of hydrogen-bond acceptors (Lipinski definition) is 5. The molecule has 0 aliphatic carbocycles. The Kier molecular flexibility index (Phi) is 4.39. The van der Waals surface area contributed by atoms with E-state index in [0.29, 0.717) is 10.8 Å². The SMILES string of the molecule is Cc1cc(C)cc(N2C(=S)N(c3ccc([N+](=O)[O-])cc3)[C@H]3CS(=O)(=O)C[C@H]32)c1. The van der Waals surface area contributed by atoms with Crippen LogP contribution in [0, 0.1) is 24.0 Å². The van der Waals surface area contributed by atoms with E-state index in [-0.39, 0.29) is 29.3 Å². The summed E-state index contributed by atoms with van der Waals surface area (Å²) in [6.45, 7) is 3.99. The third kappa shape index (κ3) is 3.14. The molecule has 9 heteroatoms. The quantitative estimate of drug-likeness (QED) is 0.431. The van der Waals surface area contributed by atoms with Crippen LogP contribution in [-0.4, -0.2) is 42.0 Å². The molecule has 2 fully saturated rings. The van der Waals surface area contributed by atoms with Crippen LogP contribution in [-0.2, 0) is 9.84 Å². The number of hydrogen-bond donors (Lipinski definition) is 0. The maximum absolute atomic E-state index is 12.4. The minimum absolute atomic E-state index is 0.0100. The van der Waals surface area contributed by atoms with Gasteiger partial charge in [0.2, 0.25) is 0 Å². The first-order chi connectivity index (χ1) is 13.2. The number of nitro groups is 1. The van der Waals surface area contributed by atoms with E-state index in [1.807, 2.05) is 35.8 Å². The van der Waals surface area contributed by atoms with E-state index < -0.39 is 14.8 Å². The van der Waals surface area contributed by atoms with Crippen molar-refractivity contribution in [3.8, 4) is 0 Å². The van der Waals surface area contributed by atoms with Crippen LogP contribution in [0.15, 0.2) is 42.5 Å². The van der Waals surface area contributed by atoms with E-state index in [4.69, 9.17) is 12.2 Å². The van der Waals surface area contributed by atoms with Gasteiger partial charge in [-0.25, -0.2) is 8.42 Å². The Morgan fingerprint density at radius 3 is 1.96 bits per heavy atom. The Hall–Kier alpha value is -2.52. The predicted molar refractivity (Wildman–Crippen MR) is 113 cm³/mol. The Morgan fingerprint density at radius 1 is 0.964 bits per heavy atom. The zero-order valence-corrected chi connectivity index (χ0v) is 17.0. The van der Waals surface area contributed by atoms with Crippen LogP contribution in [0.3, 0.4) is 0 Å². The molecule has 2 aliphatic heterocycles. The van der Waals surface area contributed by atoms with Gasteiger partial charge in [0.25, 0.3) is 5.69 Å². The molecule has 0 unspecified atom stereocenters. The van der Waals surface area contributed by atoms with Gasteiger partial charge in [0.1, 0.15) is 0 Å². The fraction of sp³-hybridized carbons (Fsp3) is 0.316. The molecule has 7 nitrogen and oxygen atoms in total. The number of rotatable bonds is 3. The fourth-order valence-corrected chi connectivity index (χ4v) is 6.53. The van der Waals surface area contributed by atoms with E-state index >= 15 is 0 Å². The summed E-state index contributed by atoms with van der Waals surface area (Å²) in [6.07, 6.45) is 0. The zero-order chi connectivity index (χ0) is 20.2. The molecule has 28 heavy (non-hydrogen) atoms. The molecule has 4 rings (SSSR count). The summed E-state index contributed by atoms with van der Waals surface area (Å²) in [7, 11) is -3.20. The van der Waals surface area contributed by atoms with E-state index in [0.717, 1.165) is 16.8 Å². The van der Waals surface area contributed by atoms with Gasteiger partial charge in [-0.05, 0) is 61.5 Å². The third-order valence-electron chi connectivity index (χ3n) is 5.19. The summed E-state index contributed by atoms with van der Waals surface area (Å²) in [5, 5.41) is 11.5. The van der Waals surface area contributed by atoms with Gasteiger partial charge >= 0.3 is 0 Å². The monoisotopic (exact) mass is 417 g/mol. The van der Waals surface area contributed by atoms with Crippen LogP contribution in [0.1, 0.15) is 11.1 Å². The van der Waals surface area contributed by atoms with Crippen molar-refractivity contribution < 1.29 is 13.3 Å². The number of thiocarbonyl (C=S) groups is 1. The third-order valence-corrected chi connectivity index (χ3v) is 7.28. The summed E-state index contributed by atoms with van der Waals surface area (Å²) in [5.41, 5.74) is 3.66. The molecule has 0 bridgehead atoms. The van der Waals surface area contributed by atoms with E-state index in [1.54, 1.807) is 12.1 Å². The molecule has 146 valence electrons. The number of nitrogens with zero attached hydrogens (tertiary/aromatic N) is 3. The lowest BCUT2D eigenvalue weighted by atomic mass is 10.1. The van der Waals surface area contributed by atoms with Gasteiger partial charge in [-0.2, -0.15) is 0 Å². The highest BCUT2D eigenvalue weighted by molar-refractivity contribution is 7.91. The maximum Gasteiger partial charge on any atom is 0.269 e. The minimum Gasteiger partial charge on any atom is -0.312 e. The number of sulfone groups is 1. The molecule has 0 amide bonds. The summed E-state index contributed by atoms with van der Waals surface area (Å²) >= 11 is 5.75. The van der Waals surface area contributed by atoms with E-state index in [2.05, 4.69) is 6.07 Å². The summed E-state index contributed by atoms with van der Waals surface area (Å²) < 4.78 is 24.8. The first-order valence-corrected chi connectivity index (χ1v) is 11.0. The van der Waals surface area contributed by atoms with Crippen molar-refractivity contribution >= 4 is 44.2 Å². The first kappa shape index (κ1) is 18.8. The van der Waals surface area contributed by atoms with Crippen molar-refractivity contribution in [2.24, 2.45) is 0 Å². The molecule has 0 radical (unpaired) electrons. The molecular weight excluding hydrogens is 398 g/mol. The highest BCUT2D eigenvalue weighted by Crippen LogP contribution is 2.39. The molecule has 0 saturated carbocycles. The van der Waals surface area contributed by atoms with Gasteiger partial charge in [-0.15, -0.1) is 0 Å². The molecule has 2 atom stereocenters. The van der Waals surface area contributed by atoms with Crippen molar-refractivity contribution in [1.82, 2.24) is 0 Å². The lowest BCUT2D eigenvalue weighted by Crippen LogP contribution is -2.37. The molecule has 2 aromatic rings. The van der Waals surface area contributed by atoms with Crippen molar-refractivity contribution in [2.45, 2.75) is 25.9 Å². The van der Waals surface area contributed by atoms with Crippen LogP contribution >= 0.6 is 12.2 Å². The number of aryl methyl sites for hydroxylation is 2. The van der Waals surface area contributed by atoms with Crippen LogP contribution in [0.2, 0.25) is 0 Å². The Labute approximate surface area is 168 Å². The zero-order valence-electron chi connectivity index (χ0n) is 15.4. The second-order valence-electron chi connectivity index (χ2n) is 7.35. The molecule has 0 aromatic heterocycles. The smallest absolute Gasteiger partial charge is 0.269 e. The van der Waals surface area contributed by atoms with Crippen molar-refractivity contribution in [3.63, 3.8) is 0 Å².